The topological polar surface area (TPSA) is 73.6 Å². The summed E-state index contributed by atoms with van der Waals surface area (Å²) >= 11 is 0. The minimum absolute atomic E-state index is 0.305. The number of rotatable bonds is 5. The number of carbonyl (C=O) groups excluding carboxylic acids is 1. The molecular formula is C21H19FN2O3. The second-order valence-electron chi connectivity index (χ2n) is 5.84. The molecule has 0 radical (unpaired) electrons. The number of anilines is 2. The van der Waals surface area contributed by atoms with E-state index in [0.29, 0.717) is 34.0 Å². The van der Waals surface area contributed by atoms with Gasteiger partial charge in [-0.1, -0.05) is 18.2 Å². The largest absolute Gasteiger partial charge is 0.496 e. The Labute approximate surface area is 156 Å². The van der Waals surface area contributed by atoms with E-state index in [1.54, 1.807) is 48.5 Å². The molecule has 3 aromatic carbocycles. The molecule has 0 aromatic heterocycles. The third-order valence-corrected chi connectivity index (χ3v) is 4.05. The van der Waals surface area contributed by atoms with E-state index in [-0.39, 0.29) is 11.7 Å². The second kappa shape index (κ2) is 7.78. The highest BCUT2D eigenvalue weighted by molar-refractivity contribution is 6.05. The number of methoxy groups -OCH3 is 2. The number of hydrogen-bond donors (Lipinski definition) is 2. The van der Waals surface area contributed by atoms with Crippen molar-refractivity contribution in [2.45, 2.75) is 0 Å². The molecule has 1 amide bonds. The highest BCUT2D eigenvalue weighted by Gasteiger charge is 2.16. The van der Waals surface area contributed by atoms with Gasteiger partial charge >= 0.3 is 0 Å². The molecule has 0 saturated carbocycles. The molecule has 6 heteroatoms. The van der Waals surface area contributed by atoms with Crippen LogP contribution in [0.3, 0.4) is 0 Å². The average molecular weight is 366 g/mol. The molecule has 3 N–H and O–H groups in total. The lowest BCUT2D eigenvalue weighted by Crippen LogP contribution is -2.12. The second-order valence-corrected chi connectivity index (χ2v) is 5.84. The van der Waals surface area contributed by atoms with Crippen molar-refractivity contribution in [3.05, 3.63) is 72.0 Å². The molecule has 0 aliphatic carbocycles. The Morgan fingerprint density at radius 2 is 1.59 bits per heavy atom. The molecule has 5 nitrogen and oxygen atoms in total. The molecule has 3 rings (SSSR count). The van der Waals surface area contributed by atoms with Crippen molar-refractivity contribution in [3.8, 4) is 22.6 Å². The fraction of sp³-hybridized carbons (Fsp3) is 0.0952. The number of carbonyl (C=O) groups is 1. The number of nitrogens with one attached hydrogen (secondary N) is 1. The van der Waals surface area contributed by atoms with Crippen LogP contribution in [-0.2, 0) is 0 Å². The van der Waals surface area contributed by atoms with Gasteiger partial charge in [0.15, 0.2) is 0 Å². The lowest BCUT2D eigenvalue weighted by atomic mass is 10.0. The Morgan fingerprint density at radius 1 is 0.963 bits per heavy atom. The average Bonchev–Trinajstić information content (AvgIpc) is 2.68. The lowest BCUT2D eigenvalue weighted by Gasteiger charge is -2.16. The third-order valence-electron chi connectivity index (χ3n) is 4.05. The van der Waals surface area contributed by atoms with Crippen LogP contribution in [0.25, 0.3) is 11.1 Å². The first-order valence-corrected chi connectivity index (χ1v) is 8.20. The third kappa shape index (κ3) is 4.00. The fourth-order valence-electron chi connectivity index (χ4n) is 2.77. The zero-order valence-electron chi connectivity index (χ0n) is 15.0. The van der Waals surface area contributed by atoms with Gasteiger partial charge in [0.25, 0.3) is 5.91 Å². The monoisotopic (exact) mass is 366 g/mol. The number of benzene rings is 3. The van der Waals surface area contributed by atoms with Gasteiger partial charge in [-0.25, -0.2) is 4.39 Å². The van der Waals surface area contributed by atoms with Crippen molar-refractivity contribution < 1.29 is 18.7 Å². The van der Waals surface area contributed by atoms with E-state index >= 15 is 0 Å². The minimum Gasteiger partial charge on any atom is -0.496 e. The van der Waals surface area contributed by atoms with E-state index in [9.17, 15) is 9.18 Å². The molecule has 0 fully saturated rings. The molecule has 138 valence electrons. The molecule has 27 heavy (non-hydrogen) atoms. The number of nitrogen functional groups attached to an aromatic ring is 1. The molecule has 0 aliphatic rings. The van der Waals surface area contributed by atoms with E-state index in [0.717, 1.165) is 5.56 Å². The predicted octanol–water partition coefficient (Wildman–Crippen LogP) is 4.34. The van der Waals surface area contributed by atoms with Crippen molar-refractivity contribution in [2.75, 3.05) is 25.3 Å². The molecular weight excluding hydrogens is 347 g/mol. The molecule has 0 bridgehead atoms. The summed E-state index contributed by atoms with van der Waals surface area (Å²) in [4.78, 5) is 12.5. The van der Waals surface area contributed by atoms with Crippen LogP contribution in [-0.4, -0.2) is 20.1 Å². The first-order valence-electron chi connectivity index (χ1n) is 8.20. The van der Waals surface area contributed by atoms with Gasteiger partial charge in [-0.15, -0.1) is 0 Å². The SMILES string of the molecule is COc1cc(NC(=O)c2cccc(N)c2)cc(OC)c1-c1ccc(F)cc1. The lowest BCUT2D eigenvalue weighted by molar-refractivity contribution is 0.102. The van der Waals surface area contributed by atoms with Gasteiger partial charge in [0.1, 0.15) is 17.3 Å². The fourth-order valence-corrected chi connectivity index (χ4v) is 2.77. The van der Waals surface area contributed by atoms with Crippen LogP contribution in [0.5, 0.6) is 11.5 Å². The summed E-state index contributed by atoms with van der Waals surface area (Å²) in [7, 11) is 3.04. The van der Waals surface area contributed by atoms with Crippen LogP contribution < -0.4 is 20.5 Å². The van der Waals surface area contributed by atoms with Crippen molar-refractivity contribution in [1.82, 2.24) is 0 Å². The zero-order chi connectivity index (χ0) is 19.4. The van der Waals surface area contributed by atoms with E-state index < -0.39 is 0 Å². The van der Waals surface area contributed by atoms with E-state index in [1.165, 1.54) is 26.4 Å². The Kier molecular flexibility index (Phi) is 5.26. The summed E-state index contributed by atoms with van der Waals surface area (Å²) in [5.74, 6) is 0.344. The zero-order valence-corrected chi connectivity index (χ0v) is 15.0. The molecule has 0 unspecified atom stereocenters. The number of amides is 1. The number of ether oxygens (including phenoxy) is 2. The van der Waals surface area contributed by atoms with Gasteiger partial charge in [0.2, 0.25) is 0 Å². The van der Waals surface area contributed by atoms with Crippen LogP contribution in [0.1, 0.15) is 10.4 Å². The van der Waals surface area contributed by atoms with E-state index in [1.807, 2.05) is 0 Å². The Hall–Kier alpha value is -3.54. The highest BCUT2D eigenvalue weighted by Crippen LogP contribution is 2.41. The normalized spacial score (nSPS) is 10.3. The Morgan fingerprint density at radius 3 is 2.15 bits per heavy atom. The smallest absolute Gasteiger partial charge is 0.255 e. The number of halogens is 1. The van der Waals surface area contributed by atoms with Crippen LogP contribution in [0.15, 0.2) is 60.7 Å². The maximum Gasteiger partial charge on any atom is 0.255 e. The summed E-state index contributed by atoms with van der Waals surface area (Å²) in [6.45, 7) is 0. The summed E-state index contributed by atoms with van der Waals surface area (Å²) < 4.78 is 24.2. The quantitative estimate of drug-likeness (QED) is 0.659. The van der Waals surface area contributed by atoms with Crippen LogP contribution in [0, 0.1) is 5.82 Å². The molecule has 0 saturated heterocycles. The number of hydrogen-bond acceptors (Lipinski definition) is 4. The van der Waals surface area contributed by atoms with Gasteiger partial charge in [-0.3, -0.25) is 4.79 Å². The van der Waals surface area contributed by atoms with Gasteiger partial charge in [-0.05, 0) is 35.9 Å². The predicted molar refractivity (Wildman–Crippen MR) is 104 cm³/mol. The highest BCUT2D eigenvalue weighted by atomic mass is 19.1. The van der Waals surface area contributed by atoms with Gasteiger partial charge in [0.05, 0.1) is 19.8 Å². The summed E-state index contributed by atoms with van der Waals surface area (Å²) in [5, 5.41) is 2.81. The van der Waals surface area contributed by atoms with Gasteiger partial charge < -0.3 is 20.5 Å². The van der Waals surface area contributed by atoms with Crippen molar-refractivity contribution >= 4 is 17.3 Å². The summed E-state index contributed by atoms with van der Waals surface area (Å²) in [6, 6.07) is 16.1. The standard InChI is InChI=1S/C21H19FN2O3/c1-26-18-11-17(24-21(25)14-4-3-5-16(23)10-14)12-19(27-2)20(18)13-6-8-15(22)9-7-13/h3-12H,23H2,1-2H3,(H,24,25). The molecule has 0 atom stereocenters. The summed E-state index contributed by atoms with van der Waals surface area (Å²) in [6.07, 6.45) is 0. The van der Waals surface area contributed by atoms with E-state index in [4.69, 9.17) is 15.2 Å². The van der Waals surface area contributed by atoms with E-state index in [2.05, 4.69) is 5.32 Å². The Bertz CT molecular complexity index is 946. The number of nitrogens with two attached hydrogens (primary N) is 1. The van der Waals surface area contributed by atoms with Crippen LogP contribution in [0.4, 0.5) is 15.8 Å². The maximum atomic E-state index is 13.2. The first kappa shape index (κ1) is 18.3. The van der Waals surface area contributed by atoms with Gasteiger partial charge in [0, 0.05) is 29.1 Å². The van der Waals surface area contributed by atoms with Crippen molar-refractivity contribution in [2.24, 2.45) is 0 Å². The van der Waals surface area contributed by atoms with Crippen LogP contribution in [0.2, 0.25) is 0 Å². The maximum absolute atomic E-state index is 13.2. The Balaban J connectivity index is 1.98. The molecule has 0 heterocycles. The summed E-state index contributed by atoms with van der Waals surface area (Å²) in [5.41, 5.74) is 8.58. The van der Waals surface area contributed by atoms with Gasteiger partial charge in [-0.2, -0.15) is 0 Å². The molecule has 0 aliphatic heterocycles. The van der Waals surface area contributed by atoms with Crippen molar-refractivity contribution in [1.29, 1.82) is 0 Å². The first-order chi connectivity index (χ1) is 13.0. The molecule has 0 spiro atoms. The molecule has 3 aromatic rings. The van der Waals surface area contributed by atoms with Crippen LogP contribution >= 0.6 is 0 Å². The van der Waals surface area contributed by atoms with Crippen molar-refractivity contribution in [3.63, 3.8) is 0 Å². The minimum atomic E-state index is -0.331.